The number of rotatable bonds is 3. The van der Waals surface area contributed by atoms with Gasteiger partial charge < -0.3 is 9.13 Å². The largest absolute Gasteiger partial charge is 0.309 e. The molecule has 8 aromatic rings. The summed E-state index contributed by atoms with van der Waals surface area (Å²) in [5.41, 5.74) is 7.07. The van der Waals surface area contributed by atoms with E-state index in [0.29, 0.717) is 11.3 Å². The van der Waals surface area contributed by atoms with Gasteiger partial charge in [-0.2, -0.15) is 5.26 Å². The van der Waals surface area contributed by atoms with Gasteiger partial charge in [-0.3, -0.25) is 0 Å². The summed E-state index contributed by atoms with van der Waals surface area (Å²) in [5.74, 6) is -0.442. The van der Waals surface area contributed by atoms with Gasteiger partial charge in [-0.1, -0.05) is 91.0 Å². The zero-order chi connectivity index (χ0) is 27.5. The van der Waals surface area contributed by atoms with Crippen molar-refractivity contribution in [3.63, 3.8) is 0 Å². The fraction of sp³-hybridized carbons (Fsp3) is 0. The average molecular weight is 528 g/mol. The smallest absolute Gasteiger partial charge is 0.149 e. The van der Waals surface area contributed by atoms with Gasteiger partial charge in [0.1, 0.15) is 5.82 Å². The maximum absolute atomic E-state index is 16.4. The average Bonchev–Trinajstić information content (AvgIpc) is 3.54. The van der Waals surface area contributed by atoms with Gasteiger partial charge >= 0.3 is 0 Å². The Morgan fingerprint density at radius 1 is 0.488 bits per heavy atom. The van der Waals surface area contributed by atoms with Gasteiger partial charge in [-0.25, -0.2) is 4.39 Å². The molecule has 192 valence electrons. The van der Waals surface area contributed by atoms with Crippen LogP contribution in [0.15, 0.2) is 133 Å². The summed E-state index contributed by atoms with van der Waals surface area (Å²) in [4.78, 5) is 0. The number of halogens is 1. The molecule has 0 radical (unpaired) electrons. The molecule has 4 heteroatoms. The summed E-state index contributed by atoms with van der Waals surface area (Å²) in [5, 5.41) is 14.3. The highest BCUT2D eigenvalue weighted by molar-refractivity contribution is 6.11. The maximum Gasteiger partial charge on any atom is 0.149 e. The Bertz CT molecular complexity index is 2240. The van der Waals surface area contributed by atoms with Crippen LogP contribution in [0.2, 0.25) is 0 Å². The van der Waals surface area contributed by atoms with Crippen molar-refractivity contribution in [3.8, 4) is 28.6 Å². The first-order chi connectivity index (χ1) is 20.2. The van der Waals surface area contributed by atoms with Crippen LogP contribution in [0.5, 0.6) is 0 Å². The molecule has 3 nitrogen and oxygen atoms in total. The number of para-hydroxylation sites is 5. The molecule has 0 atom stereocenters. The quantitative estimate of drug-likeness (QED) is 0.225. The minimum atomic E-state index is -0.442. The highest BCUT2D eigenvalue weighted by Crippen LogP contribution is 2.41. The molecule has 0 unspecified atom stereocenters. The minimum Gasteiger partial charge on any atom is -0.309 e. The molecule has 0 spiro atoms. The molecule has 0 aliphatic rings. The highest BCUT2D eigenvalue weighted by Gasteiger charge is 2.23. The number of nitriles is 1. The molecular formula is C37H22FN3. The van der Waals surface area contributed by atoms with Gasteiger partial charge in [0.15, 0.2) is 0 Å². The number of hydrogen-bond acceptors (Lipinski definition) is 1. The van der Waals surface area contributed by atoms with Gasteiger partial charge in [0, 0.05) is 32.7 Å². The second-order valence-corrected chi connectivity index (χ2v) is 10.2. The standard InChI is InChI=1S/C37H22FN3/c38-31-22-24(23-39)21-30(37(31)41-35-19-9-3-13-27(35)28-14-4-10-20-36(28)41)29-15-5-8-18-34(29)40-32-16-6-1-11-25(32)26-12-2-7-17-33(26)40/h1-22H. The summed E-state index contributed by atoms with van der Waals surface area (Å²) in [6.45, 7) is 0. The van der Waals surface area contributed by atoms with Crippen LogP contribution < -0.4 is 0 Å². The lowest BCUT2D eigenvalue weighted by atomic mass is 9.98. The van der Waals surface area contributed by atoms with E-state index in [1.807, 2.05) is 77.4 Å². The number of aromatic nitrogens is 2. The van der Waals surface area contributed by atoms with Crippen LogP contribution in [0.25, 0.3) is 66.1 Å². The van der Waals surface area contributed by atoms with E-state index in [-0.39, 0.29) is 5.56 Å². The summed E-state index contributed by atoms with van der Waals surface area (Å²) in [6, 6.07) is 46.3. The summed E-state index contributed by atoms with van der Waals surface area (Å²) in [6.07, 6.45) is 0. The van der Waals surface area contributed by atoms with Crippen molar-refractivity contribution in [1.29, 1.82) is 5.26 Å². The van der Waals surface area contributed by atoms with Crippen molar-refractivity contribution < 1.29 is 4.39 Å². The van der Waals surface area contributed by atoms with Crippen LogP contribution in [-0.2, 0) is 0 Å². The third-order valence-electron chi connectivity index (χ3n) is 8.01. The molecule has 8 rings (SSSR count). The van der Waals surface area contributed by atoms with Crippen molar-refractivity contribution in [3.05, 3.63) is 145 Å². The highest BCUT2D eigenvalue weighted by atomic mass is 19.1. The topological polar surface area (TPSA) is 33.6 Å². The Labute approximate surface area is 235 Å². The van der Waals surface area contributed by atoms with Crippen LogP contribution in [0.4, 0.5) is 4.39 Å². The van der Waals surface area contributed by atoms with E-state index < -0.39 is 5.82 Å². The predicted molar refractivity (Wildman–Crippen MR) is 165 cm³/mol. The van der Waals surface area contributed by atoms with Crippen LogP contribution in [0, 0.1) is 17.1 Å². The van der Waals surface area contributed by atoms with Crippen molar-refractivity contribution in [2.45, 2.75) is 0 Å². The van der Waals surface area contributed by atoms with Gasteiger partial charge in [-0.05, 0) is 42.5 Å². The fourth-order valence-corrected chi connectivity index (χ4v) is 6.34. The van der Waals surface area contributed by atoms with Gasteiger partial charge in [0.05, 0.1) is 45.1 Å². The van der Waals surface area contributed by atoms with Crippen molar-refractivity contribution in [1.82, 2.24) is 9.13 Å². The van der Waals surface area contributed by atoms with E-state index >= 15 is 4.39 Å². The third-order valence-corrected chi connectivity index (χ3v) is 8.01. The Morgan fingerprint density at radius 2 is 0.927 bits per heavy atom. The molecule has 0 aliphatic heterocycles. The molecule has 0 fully saturated rings. The Balaban J connectivity index is 1.52. The SMILES string of the molecule is N#Cc1cc(F)c(-n2c3ccccc3c3ccccc32)c(-c2ccccc2-n2c3ccccc3c3ccccc32)c1. The van der Waals surface area contributed by atoms with E-state index in [4.69, 9.17) is 0 Å². The van der Waals surface area contributed by atoms with E-state index in [1.165, 1.54) is 6.07 Å². The number of hydrogen-bond donors (Lipinski definition) is 0. The van der Waals surface area contributed by atoms with E-state index in [2.05, 4.69) is 65.2 Å². The minimum absolute atomic E-state index is 0.277. The Hall–Kier alpha value is -5.66. The molecule has 0 saturated heterocycles. The summed E-state index contributed by atoms with van der Waals surface area (Å²) >= 11 is 0. The van der Waals surface area contributed by atoms with Crippen LogP contribution in [0.3, 0.4) is 0 Å². The summed E-state index contributed by atoms with van der Waals surface area (Å²) in [7, 11) is 0. The van der Waals surface area contributed by atoms with Gasteiger partial charge in [-0.15, -0.1) is 0 Å². The lowest BCUT2D eigenvalue weighted by Crippen LogP contribution is -2.04. The van der Waals surface area contributed by atoms with Crippen molar-refractivity contribution >= 4 is 43.6 Å². The molecule has 41 heavy (non-hydrogen) atoms. The lowest BCUT2D eigenvalue weighted by molar-refractivity contribution is 0.621. The number of benzene rings is 6. The van der Waals surface area contributed by atoms with E-state index in [1.54, 1.807) is 0 Å². The zero-order valence-electron chi connectivity index (χ0n) is 21.9. The predicted octanol–water partition coefficient (Wildman–Crippen LogP) is 9.56. The maximum atomic E-state index is 16.4. The summed E-state index contributed by atoms with van der Waals surface area (Å²) < 4.78 is 20.6. The first-order valence-corrected chi connectivity index (χ1v) is 13.5. The van der Waals surface area contributed by atoms with Crippen LogP contribution in [0.1, 0.15) is 5.56 Å². The first-order valence-electron chi connectivity index (χ1n) is 13.5. The van der Waals surface area contributed by atoms with Crippen molar-refractivity contribution in [2.75, 3.05) is 0 Å². The number of fused-ring (bicyclic) bond motifs is 6. The van der Waals surface area contributed by atoms with Crippen LogP contribution >= 0.6 is 0 Å². The van der Waals surface area contributed by atoms with Crippen molar-refractivity contribution in [2.24, 2.45) is 0 Å². The molecular weight excluding hydrogens is 505 g/mol. The molecule has 0 saturated carbocycles. The van der Waals surface area contributed by atoms with Crippen LogP contribution in [-0.4, -0.2) is 9.13 Å². The lowest BCUT2D eigenvalue weighted by Gasteiger charge is -2.19. The molecule has 0 amide bonds. The first kappa shape index (κ1) is 23.2. The Morgan fingerprint density at radius 3 is 1.44 bits per heavy atom. The molecule has 2 aromatic heterocycles. The van der Waals surface area contributed by atoms with E-state index in [9.17, 15) is 5.26 Å². The molecule has 0 bridgehead atoms. The third kappa shape index (κ3) is 3.36. The second kappa shape index (κ2) is 8.94. The number of nitrogens with zero attached hydrogens (tertiary/aromatic N) is 3. The molecule has 2 heterocycles. The molecule has 0 N–H and O–H groups in total. The fourth-order valence-electron chi connectivity index (χ4n) is 6.34. The molecule has 0 aliphatic carbocycles. The van der Waals surface area contributed by atoms with E-state index in [0.717, 1.165) is 54.9 Å². The molecule has 6 aromatic carbocycles. The Kier molecular flexibility index (Phi) is 5.07. The monoisotopic (exact) mass is 527 g/mol. The van der Waals surface area contributed by atoms with Gasteiger partial charge in [0.2, 0.25) is 0 Å². The van der Waals surface area contributed by atoms with Gasteiger partial charge in [0.25, 0.3) is 0 Å². The normalized spacial score (nSPS) is 11.5. The zero-order valence-corrected chi connectivity index (χ0v) is 21.9. The second-order valence-electron chi connectivity index (χ2n) is 10.2.